The van der Waals surface area contributed by atoms with Gasteiger partial charge in [0.1, 0.15) is 4.21 Å². The summed E-state index contributed by atoms with van der Waals surface area (Å²) in [4.78, 5) is 18.0. The lowest BCUT2D eigenvalue weighted by Crippen LogP contribution is -2.43. The van der Waals surface area contributed by atoms with Crippen molar-refractivity contribution in [1.82, 2.24) is 14.2 Å². The molecular weight excluding hydrogens is 382 g/mol. The van der Waals surface area contributed by atoms with Crippen LogP contribution >= 0.6 is 11.3 Å². The Morgan fingerprint density at radius 2 is 2.15 bits per heavy atom. The molecule has 3 aromatic rings. The van der Waals surface area contributed by atoms with Crippen molar-refractivity contribution in [3.63, 3.8) is 0 Å². The molecule has 142 valence electrons. The number of carbonyl (C=O) groups is 1. The van der Waals surface area contributed by atoms with Crippen LogP contribution in [0.2, 0.25) is 0 Å². The fourth-order valence-corrected chi connectivity index (χ4v) is 5.80. The third kappa shape index (κ3) is 3.28. The highest BCUT2D eigenvalue weighted by Gasteiger charge is 2.28. The number of hydrogen-bond acceptors (Lipinski definition) is 4. The molecule has 0 unspecified atom stereocenters. The summed E-state index contributed by atoms with van der Waals surface area (Å²) in [5.74, 6) is -0.176. The van der Waals surface area contributed by atoms with Crippen LogP contribution < -0.4 is 0 Å². The molecule has 3 heterocycles. The smallest absolute Gasteiger partial charge is 0.252 e. The van der Waals surface area contributed by atoms with Crippen molar-refractivity contribution in [2.75, 3.05) is 20.1 Å². The second-order valence-electron chi connectivity index (χ2n) is 6.89. The number of rotatable bonds is 4. The lowest BCUT2D eigenvalue weighted by molar-refractivity contribution is -0.132. The third-order valence-electron chi connectivity index (χ3n) is 5.00. The first-order chi connectivity index (χ1) is 12.9. The minimum Gasteiger partial charge on any atom is -0.358 e. The van der Waals surface area contributed by atoms with E-state index in [1.54, 1.807) is 22.4 Å². The maximum atomic E-state index is 12.8. The molecule has 1 aromatic carbocycles. The van der Waals surface area contributed by atoms with E-state index in [0.717, 1.165) is 38.5 Å². The monoisotopic (exact) mass is 403 g/mol. The molecular formula is C19H21N3O3S2. The van der Waals surface area contributed by atoms with E-state index in [1.165, 1.54) is 18.3 Å². The van der Waals surface area contributed by atoms with E-state index in [4.69, 9.17) is 0 Å². The number of aromatic nitrogens is 1. The SMILES string of the molecule is Cc1ccc2[nH]c3c(c2c1)CN(C(=O)CN(C)S(=O)(=O)c1cccs1)CC3. The second-order valence-corrected chi connectivity index (χ2v) is 10.1. The van der Waals surface area contributed by atoms with Gasteiger partial charge in [-0.05, 0) is 30.5 Å². The van der Waals surface area contributed by atoms with Gasteiger partial charge in [0.25, 0.3) is 10.0 Å². The second kappa shape index (κ2) is 6.78. The minimum absolute atomic E-state index is 0.156. The Bertz CT molecular complexity index is 1100. The molecule has 8 heteroatoms. The maximum absolute atomic E-state index is 12.8. The van der Waals surface area contributed by atoms with E-state index in [9.17, 15) is 13.2 Å². The van der Waals surface area contributed by atoms with Crippen molar-refractivity contribution in [1.29, 1.82) is 0 Å². The number of thiophene rings is 1. The first-order valence-corrected chi connectivity index (χ1v) is 11.1. The van der Waals surface area contributed by atoms with E-state index >= 15 is 0 Å². The molecule has 0 radical (unpaired) electrons. The number of fused-ring (bicyclic) bond motifs is 3. The van der Waals surface area contributed by atoms with Crippen LogP contribution in [-0.2, 0) is 27.8 Å². The summed E-state index contributed by atoms with van der Waals surface area (Å²) in [7, 11) is -2.17. The quantitative estimate of drug-likeness (QED) is 0.728. The van der Waals surface area contributed by atoms with Crippen LogP contribution in [-0.4, -0.2) is 48.7 Å². The van der Waals surface area contributed by atoms with Crippen LogP contribution in [0.4, 0.5) is 0 Å². The summed E-state index contributed by atoms with van der Waals surface area (Å²) in [5.41, 5.74) is 4.56. The van der Waals surface area contributed by atoms with Gasteiger partial charge in [0.15, 0.2) is 0 Å². The first kappa shape index (κ1) is 18.2. The van der Waals surface area contributed by atoms with Gasteiger partial charge in [0.2, 0.25) is 5.91 Å². The molecule has 1 N–H and O–H groups in total. The van der Waals surface area contributed by atoms with Crippen molar-refractivity contribution in [2.45, 2.75) is 24.1 Å². The average molecular weight is 404 g/mol. The molecule has 0 spiro atoms. The van der Waals surface area contributed by atoms with Crippen LogP contribution in [0.3, 0.4) is 0 Å². The topological polar surface area (TPSA) is 73.5 Å². The van der Waals surface area contributed by atoms with Gasteiger partial charge >= 0.3 is 0 Å². The first-order valence-electron chi connectivity index (χ1n) is 8.74. The Kier molecular flexibility index (Phi) is 4.57. The molecule has 0 fully saturated rings. The molecule has 27 heavy (non-hydrogen) atoms. The molecule has 1 amide bonds. The Morgan fingerprint density at radius 3 is 2.89 bits per heavy atom. The molecule has 1 aliphatic rings. The number of sulfonamides is 1. The number of nitrogens with zero attached hydrogens (tertiary/aromatic N) is 2. The van der Waals surface area contributed by atoms with Gasteiger partial charge in [0.05, 0.1) is 6.54 Å². The summed E-state index contributed by atoms with van der Waals surface area (Å²) in [6.07, 6.45) is 0.746. The van der Waals surface area contributed by atoms with Crippen molar-refractivity contribution in [2.24, 2.45) is 0 Å². The zero-order chi connectivity index (χ0) is 19.2. The normalized spacial score (nSPS) is 14.7. The van der Waals surface area contributed by atoms with Crippen LogP contribution in [0.15, 0.2) is 39.9 Å². The van der Waals surface area contributed by atoms with Gasteiger partial charge < -0.3 is 9.88 Å². The number of amides is 1. The minimum atomic E-state index is -3.62. The van der Waals surface area contributed by atoms with Crippen molar-refractivity contribution in [3.05, 3.63) is 52.5 Å². The van der Waals surface area contributed by atoms with Crippen LogP contribution in [0.1, 0.15) is 16.8 Å². The van der Waals surface area contributed by atoms with E-state index in [0.29, 0.717) is 13.1 Å². The van der Waals surface area contributed by atoms with Crippen LogP contribution in [0, 0.1) is 6.92 Å². The molecule has 0 saturated heterocycles. The van der Waals surface area contributed by atoms with Gasteiger partial charge in [-0.25, -0.2) is 8.42 Å². The Morgan fingerprint density at radius 1 is 1.33 bits per heavy atom. The highest BCUT2D eigenvalue weighted by molar-refractivity contribution is 7.91. The molecule has 4 rings (SSSR count). The summed E-state index contributed by atoms with van der Waals surface area (Å²) in [6, 6.07) is 9.51. The fraction of sp³-hybridized carbons (Fsp3) is 0.316. The highest BCUT2D eigenvalue weighted by atomic mass is 32.2. The van der Waals surface area contributed by atoms with Crippen molar-refractivity contribution >= 4 is 38.2 Å². The zero-order valence-corrected chi connectivity index (χ0v) is 16.9. The number of nitrogens with one attached hydrogen (secondary N) is 1. The molecule has 1 aliphatic heterocycles. The standard InChI is InChI=1S/C19H21N3O3S2/c1-13-5-6-16-14(10-13)15-11-22(8-7-17(15)20-16)18(23)12-21(2)27(24,25)19-4-3-9-26-19/h3-6,9-10,20H,7-8,11-12H2,1-2H3. The Hall–Kier alpha value is -2.16. The van der Waals surface area contributed by atoms with Gasteiger partial charge in [-0.1, -0.05) is 17.7 Å². The third-order valence-corrected chi connectivity index (χ3v) is 8.18. The van der Waals surface area contributed by atoms with Crippen molar-refractivity contribution in [3.8, 4) is 0 Å². The Labute approximate surface area is 162 Å². The number of aromatic amines is 1. The van der Waals surface area contributed by atoms with Crippen molar-refractivity contribution < 1.29 is 13.2 Å². The lowest BCUT2D eigenvalue weighted by atomic mass is 10.0. The predicted molar refractivity (Wildman–Crippen MR) is 106 cm³/mol. The summed E-state index contributed by atoms with van der Waals surface area (Å²) < 4.78 is 26.5. The summed E-state index contributed by atoms with van der Waals surface area (Å²) in [5, 5.41) is 2.86. The molecule has 0 atom stereocenters. The largest absolute Gasteiger partial charge is 0.358 e. The number of carbonyl (C=O) groups excluding carboxylic acids is 1. The fourth-order valence-electron chi connectivity index (χ4n) is 3.48. The summed E-state index contributed by atoms with van der Waals surface area (Å²) in [6.45, 7) is 2.99. The molecule has 0 bridgehead atoms. The van der Waals surface area contributed by atoms with Crippen LogP contribution in [0.5, 0.6) is 0 Å². The van der Waals surface area contributed by atoms with Gasteiger partial charge in [0, 0.05) is 48.7 Å². The van der Waals surface area contributed by atoms with Gasteiger partial charge in [-0.15, -0.1) is 11.3 Å². The number of likely N-dealkylation sites (N-methyl/N-ethyl adjacent to an activating group) is 1. The van der Waals surface area contributed by atoms with Crippen LogP contribution in [0.25, 0.3) is 10.9 Å². The summed E-state index contributed by atoms with van der Waals surface area (Å²) >= 11 is 1.16. The zero-order valence-electron chi connectivity index (χ0n) is 15.2. The molecule has 6 nitrogen and oxygen atoms in total. The van der Waals surface area contributed by atoms with E-state index in [1.807, 2.05) is 0 Å². The molecule has 0 aliphatic carbocycles. The Balaban J connectivity index is 1.53. The van der Waals surface area contributed by atoms with E-state index < -0.39 is 10.0 Å². The predicted octanol–water partition coefficient (Wildman–Crippen LogP) is 2.74. The average Bonchev–Trinajstić information content (AvgIpc) is 3.29. The lowest BCUT2D eigenvalue weighted by Gasteiger charge is -2.29. The maximum Gasteiger partial charge on any atom is 0.252 e. The molecule has 2 aromatic heterocycles. The molecule has 0 saturated carbocycles. The van der Waals surface area contributed by atoms with Gasteiger partial charge in [-0.2, -0.15) is 4.31 Å². The number of hydrogen-bond donors (Lipinski definition) is 1. The van der Waals surface area contributed by atoms with E-state index in [2.05, 4.69) is 30.1 Å². The number of aryl methyl sites for hydroxylation is 1. The highest BCUT2D eigenvalue weighted by Crippen LogP contribution is 2.29. The number of H-pyrrole nitrogens is 1. The van der Waals surface area contributed by atoms with E-state index in [-0.39, 0.29) is 16.7 Å². The number of benzene rings is 1. The van der Waals surface area contributed by atoms with Gasteiger partial charge in [-0.3, -0.25) is 4.79 Å².